The maximum Gasteiger partial charge on any atom is 0.0981 e. The van der Waals surface area contributed by atoms with Crippen LogP contribution in [0.15, 0.2) is 0 Å². The van der Waals surface area contributed by atoms with E-state index in [-0.39, 0.29) is 22.7 Å². The highest BCUT2D eigenvalue weighted by Gasteiger charge is 2.40. The zero-order valence-corrected chi connectivity index (χ0v) is 8.50. The Morgan fingerprint density at radius 2 is 2.08 bits per heavy atom. The first-order chi connectivity index (χ1) is 5.70. The van der Waals surface area contributed by atoms with Crippen molar-refractivity contribution >= 4 is 11.8 Å². The van der Waals surface area contributed by atoms with Gasteiger partial charge in [0.25, 0.3) is 0 Å². The van der Waals surface area contributed by atoms with Gasteiger partial charge in [-0.1, -0.05) is 6.92 Å². The number of rotatable bonds is 3. The summed E-state index contributed by atoms with van der Waals surface area (Å²) in [6, 6.07) is 0. The van der Waals surface area contributed by atoms with E-state index in [9.17, 15) is 5.11 Å². The van der Waals surface area contributed by atoms with Crippen LogP contribution in [0.3, 0.4) is 0 Å². The van der Waals surface area contributed by atoms with Crippen molar-refractivity contribution in [3.05, 3.63) is 0 Å². The smallest absolute Gasteiger partial charge is 0.0981 e. The van der Waals surface area contributed by atoms with E-state index in [4.69, 9.17) is 9.47 Å². The topological polar surface area (TPSA) is 38.7 Å². The summed E-state index contributed by atoms with van der Waals surface area (Å²) in [5, 5.41) is 10.2. The number of methoxy groups -OCH3 is 2. The second-order valence-corrected chi connectivity index (χ2v) is 4.65. The van der Waals surface area contributed by atoms with Gasteiger partial charge in [-0.25, -0.2) is 0 Å². The third kappa shape index (κ3) is 1.93. The zero-order chi connectivity index (χ0) is 9.14. The van der Waals surface area contributed by atoms with Gasteiger partial charge in [0.1, 0.15) is 0 Å². The standard InChI is InChI=1S/C8H16O3S/c1-5-7(9)8(11-3)6(12-5)4-10-2/h5-9H,4H2,1-3H3/t5-,6+,7?,8-/m0/s1. The van der Waals surface area contributed by atoms with Crippen LogP contribution in [0.25, 0.3) is 0 Å². The van der Waals surface area contributed by atoms with E-state index in [1.807, 2.05) is 6.92 Å². The van der Waals surface area contributed by atoms with Crippen molar-refractivity contribution in [3.63, 3.8) is 0 Å². The lowest BCUT2D eigenvalue weighted by Crippen LogP contribution is -2.35. The molecule has 3 nitrogen and oxygen atoms in total. The van der Waals surface area contributed by atoms with Crippen LogP contribution in [0.2, 0.25) is 0 Å². The SMILES string of the molecule is COC[C@H]1S[C@@H](C)C(O)[C@H]1OC. The molecule has 0 radical (unpaired) electrons. The number of hydrogen-bond donors (Lipinski definition) is 1. The third-order valence-corrected chi connectivity index (χ3v) is 3.64. The van der Waals surface area contributed by atoms with Crippen molar-refractivity contribution in [2.24, 2.45) is 0 Å². The van der Waals surface area contributed by atoms with Crippen LogP contribution in [-0.2, 0) is 9.47 Å². The number of aliphatic hydroxyl groups is 1. The number of aliphatic hydroxyl groups excluding tert-OH is 1. The monoisotopic (exact) mass is 192 g/mol. The first-order valence-corrected chi connectivity index (χ1v) is 5.00. The molecule has 1 heterocycles. The van der Waals surface area contributed by atoms with Gasteiger partial charge in [0, 0.05) is 19.5 Å². The fraction of sp³-hybridized carbons (Fsp3) is 1.00. The van der Waals surface area contributed by atoms with Crippen LogP contribution in [0.5, 0.6) is 0 Å². The predicted octanol–water partition coefficient (Wildman–Crippen LogP) is 0.513. The summed E-state index contributed by atoms with van der Waals surface area (Å²) < 4.78 is 10.3. The summed E-state index contributed by atoms with van der Waals surface area (Å²) in [4.78, 5) is 0. The van der Waals surface area contributed by atoms with Crippen molar-refractivity contribution in [2.75, 3.05) is 20.8 Å². The van der Waals surface area contributed by atoms with Crippen LogP contribution in [0.4, 0.5) is 0 Å². The zero-order valence-electron chi connectivity index (χ0n) is 7.69. The minimum atomic E-state index is -0.361. The maximum atomic E-state index is 9.65. The summed E-state index contributed by atoms with van der Waals surface area (Å²) in [6.45, 7) is 2.65. The summed E-state index contributed by atoms with van der Waals surface area (Å²) in [7, 11) is 3.30. The van der Waals surface area contributed by atoms with E-state index < -0.39 is 0 Å². The van der Waals surface area contributed by atoms with Crippen molar-refractivity contribution < 1.29 is 14.6 Å². The molecule has 4 atom stereocenters. The molecule has 0 saturated carbocycles. The molecule has 1 aliphatic rings. The number of thioether (sulfide) groups is 1. The molecule has 1 N–H and O–H groups in total. The molecule has 4 heteroatoms. The van der Waals surface area contributed by atoms with E-state index >= 15 is 0 Å². The second kappa shape index (κ2) is 4.46. The largest absolute Gasteiger partial charge is 0.389 e. The van der Waals surface area contributed by atoms with E-state index in [0.717, 1.165) is 0 Å². The molecular formula is C8H16O3S. The van der Waals surface area contributed by atoms with Gasteiger partial charge in [-0.15, -0.1) is 11.8 Å². The lowest BCUT2D eigenvalue weighted by atomic mass is 10.1. The van der Waals surface area contributed by atoms with Crippen LogP contribution in [0.1, 0.15) is 6.92 Å². The number of ether oxygens (including phenoxy) is 2. The van der Waals surface area contributed by atoms with Crippen molar-refractivity contribution in [1.82, 2.24) is 0 Å². The van der Waals surface area contributed by atoms with Gasteiger partial charge in [0.2, 0.25) is 0 Å². The fourth-order valence-corrected chi connectivity index (χ4v) is 3.02. The highest BCUT2D eigenvalue weighted by Crippen LogP contribution is 2.35. The summed E-state index contributed by atoms with van der Waals surface area (Å²) in [5.74, 6) is 0. The van der Waals surface area contributed by atoms with Gasteiger partial charge in [-0.05, 0) is 0 Å². The predicted molar refractivity (Wildman–Crippen MR) is 49.5 cm³/mol. The Kier molecular flexibility index (Phi) is 3.83. The Morgan fingerprint density at radius 3 is 2.58 bits per heavy atom. The number of hydrogen-bond acceptors (Lipinski definition) is 4. The van der Waals surface area contributed by atoms with E-state index in [0.29, 0.717) is 6.61 Å². The van der Waals surface area contributed by atoms with Crippen LogP contribution in [-0.4, -0.2) is 48.6 Å². The molecule has 12 heavy (non-hydrogen) atoms. The van der Waals surface area contributed by atoms with E-state index in [1.54, 1.807) is 26.0 Å². The summed E-state index contributed by atoms with van der Waals surface area (Å²) in [5.41, 5.74) is 0. The fourth-order valence-electron chi connectivity index (χ4n) is 1.51. The van der Waals surface area contributed by atoms with E-state index in [2.05, 4.69) is 0 Å². The molecular weight excluding hydrogens is 176 g/mol. The maximum absolute atomic E-state index is 9.65. The molecule has 1 rings (SSSR count). The molecule has 0 amide bonds. The summed E-state index contributed by atoms with van der Waals surface area (Å²) >= 11 is 1.73. The van der Waals surface area contributed by atoms with E-state index in [1.165, 1.54) is 0 Å². The molecule has 0 spiro atoms. The van der Waals surface area contributed by atoms with Crippen molar-refractivity contribution in [3.8, 4) is 0 Å². The van der Waals surface area contributed by atoms with Crippen LogP contribution in [0, 0.1) is 0 Å². The lowest BCUT2D eigenvalue weighted by Gasteiger charge is -2.18. The Balaban J connectivity index is 2.52. The molecule has 0 aromatic heterocycles. The van der Waals surface area contributed by atoms with Gasteiger partial charge in [-0.2, -0.15) is 0 Å². The molecule has 1 aliphatic heterocycles. The second-order valence-electron chi connectivity index (χ2n) is 3.03. The Bertz CT molecular complexity index is 142. The average molecular weight is 192 g/mol. The van der Waals surface area contributed by atoms with Crippen LogP contribution >= 0.6 is 11.8 Å². The summed E-state index contributed by atoms with van der Waals surface area (Å²) in [6.07, 6.45) is -0.440. The first kappa shape index (κ1) is 10.3. The normalized spacial score (nSPS) is 42.0. The minimum Gasteiger partial charge on any atom is -0.389 e. The highest BCUT2D eigenvalue weighted by atomic mass is 32.2. The van der Waals surface area contributed by atoms with Crippen molar-refractivity contribution in [1.29, 1.82) is 0 Å². The Labute approximate surface area is 77.4 Å². The van der Waals surface area contributed by atoms with Gasteiger partial charge in [0.15, 0.2) is 0 Å². The molecule has 0 aliphatic carbocycles. The van der Waals surface area contributed by atoms with Crippen LogP contribution < -0.4 is 0 Å². The van der Waals surface area contributed by atoms with Gasteiger partial charge < -0.3 is 14.6 Å². The molecule has 1 saturated heterocycles. The first-order valence-electron chi connectivity index (χ1n) is 4.06. The third-order valence-electron chi connectivity index (χ3n) is 2.18. The average Bonchev–Trinajstić information content (AvgIpc) is 2.29. The lowest BCUT2D eigenvalue weighted by molar-refractivity contribution is -0.0119. The van der Waals surface area contributed by atoms with Gasteiger partial charge in [0.05, 0.1) is 24.1 Å². The molecule has 72 valence electrons. The molecule has 1 unspecified atom stereocenters. The highest BCUT2D eigenvalue weighted by molar-refractivity contribution is 8.00. The Hall–Kier alpha value is 0.230. The van der Waals surface area contributed by atoms with Gasteiger partial charge in [-0.3, -0.25) is 0 Å². The quantitative estimate of drug-likeness (QED) is 0.707. The molecule has 0 aromatic rings. The van der Waals surface area contributed by atoms with Gasteiger partial charge >= 0.3 is 0 Å². The molecule has 0 aromatic carbocycles. The van der Waals surface area contributed by atoms with Crippen molar-refractivity contribution in [2.45, 2.75) is 29.6 Å². The minimum absolute atomic E-state index is 0.0788. The molecule has 1 fully saturated rings. The molecule has 0 bridgehead atoms. The Morgan fingerprint density at radius 1 is 1.42 bits per heavy atom.